The third kappa shape index (κ3) is 5.35. The third-order valence-electron chi connectivity index (χ3n) is 10.4. The molecule has 0 spiro atoms. The van der Waals surface area contributed by atoms with Gasteiger partial charge in [-0.1, -0.05) is 146 Å². The summed E-state index contributed by atoms with van der Waals surface area (Å²) in [5, 5.41) is 4.04. The van der Waals surface area contributed by atoms with Gasteiger partial charge in [-0.2, -0.15) is 0 Å². The summed E-state index contributed by atoms with van der Waals surface area (Å²) >= 11 is 0. The monoisotopic (exact) mass is 718 g/mol. The zero-order chi connectivity index (χ0) is 37.0. The van der Waals surface area contributed by atoms with E-state index in [-0.39, 0.29) is 0 Å². The summed E-state index contributed by atoms with van der Waals surface area (Å²) in [6.07, 6.45) is 0. The minimum absolute atomic E-state index is 0.558. The molecule has 0 N–H and O–H groups in total. The predicted molar refractivity (Wildman–Crippen MR) is 225 cm³/mol. The number of hydrogen-bond acceptors (Lipinski definition) is 6. The Morgan fingerprint density at radius 3 is 1.62 bits per heavy atom. The van der Waals surface area contributed by atoms with Crippen molar-refractivity contribution in [3.05, 3.63) is 182 Å². The van der Waals surface area contributed by atoms with Gasteiger partial charge in [0.1, 0.15) is 16.7 Å². The van der Waals surface area contributed by atoms with Crippen LogP contribution in [0.5, 0.6) is 0 Å². The number of hydrogen-bond donors (Lipinski definition) is 0. The molecule has 0 bridgehead atoms. The first-order valence-electron chi connectivity index (χ1n) is 18.6. The average molecular weight is 719 g/mol. The first-order chi connectivity index (χ1) is 27.7. The first kappa shape index (κ1) is 31.8. The minimum atomic E-state index is 0.558. The van der Waals surface area contributed by atoms with Crippen LogP contribution in [0.25, 0.3) is 112 Å². The standard InChI is InChI=1S/C50H30N4O2/c1-4-15-31(16-5-1)34-21-14-22-35(29-34)48-52-47(32-17-6-2-7-18-32)53-49(54-48)39-28-27-38(36-23-10-11-24-37(36)39)45-44-40-25-12-13-26-41(40)55-42(44)30-43-46(45)51-50(56-43)33-19-8-3-9-20-33/h1-30H. The molecule has 3 aromatic heterocycles. The van der Waals surface area contributed by atoms with E-state index in [0.29, 0.717) is 28.9 Å². The molecule has 11 rings (SSSR count). The van der Waals surface area contributed by atoms with Gasteiger partial charge in [0.05, 0.1) is 0 Å². The largest absolute Gasteiger partial charge is 0.456 e. The molecule has 56 heavy (non-hydrogen) atoms. The molecule has 0 aliphatic rings. The molecule has 0 aliphatic carbocycles. The number of benzene rings is 8. The van der Waals surface area contributed by atoms with Crippen LogP contribution in [0.2, 0.25) is 0 Å². The van der Waals surface area contributed by atoms with Crippen LogP contribution in [0.3, 0.4) is 0 Å². The summed E-state index contributed by atoms with van der Waals surface area (Å²) in [5.74, 6) is 2.36. The van der Waals surface area contributed by atoms with Gasteiger partial charge in [0.25, 0.3) is 0 Å². The van der Waals surface area contributed by atoms with Crippen molar-refractivity contribution >= 4 is 43.8 Å². The number of fused-ring (bicyclic) bond motifs is 5. The second kappa shape index (κ2) is 13.0. The van der Waals surface area contributed by atoms with Gasteiger partial charge in [0.2, 0.25) is 5.89 Å². The second-order valence-electron chi connectivity index (χ2n) is 13.8. The van der Waals surface area contributed by atoms with Crippen LogP contribution < -0.4 is 0 Å². The number of oxazole rings is 1. The summed E-state index contributed by atoms with van der Waals surface area (Å²) in [7, 11) is 0. The van der Waals surface area contributed by atoms with Gasteiger partial charge >= 0.3 is 0 Å². The highest BCUT2D eigenvalue weighted by molar-refractivity contribution is 6.22. The molecule has 262 valence electrons. The number of rotatable bonds is 6. The summed E-state index contributed by atoms with van der Waals surface area (Å²) in [6, 6.07) is 61.6. The topological polar surface area (TPSA) is 77.8 Å². The predicted octanol–water partition coefficient (Wildman–Crippen LogP) is 13.1. The molecule has 3 heterocycles. The fourth-order valence-corrected chi connectivity index (χ4v) is 7.76. The number of nitrogens with zero attached hydrogens (tertiary/aromatic N) is 4. The molecule has 11 aromatic rings. The molecule has 6 nitrogen and oxygen atoms in total. The Morgan fingerprint density at radius 1 is 0.321 bits per heavy atom. The molecule has 0 radical (unpaired) electrons. The molecular formula is C50H30N4O2. The van der Waals surface area contributed by atoms with Crippen molar-refractivity contribution in [2.24, 2.45) is 0 Å². The van der Waals surface area contributed by atoms with E-state index in [2.05, 4.69) is 91.0 Å². The molecule has 0 fully saturated rings. The van der Waals surface area contributed by atoms with Gasteiger partial charge in [-0.25, -0.2) is 19.9 Å². The molecule has 0 amide bonds. The van der Waals surface area contributed by atoms with Crippen molar-refractivity contribution in [2.75, 3.05) is 0 Å². The third-order valence-corrected chi connectivity index (χ3v) is 10.4. The highest BCUT2D eigenvalue weighted by Crippen LogP contribution is 2.46. The van der Waals surface area contributed by atoms with Gasteiger partial charge < -0.3 is 8.83 Å². The van der Waals surface area contributed by atoms with Crippen LogP contribution in [0.1, 0.15) is 0 Å². The molecule has 8 aromatic carbocycles. The van der Waals surface area contributed by atoms with Gasteiger partial charge in [-0.3, -0.25) is 0 Å². The van der Waals surface area contributed by atoms with Crippen molar-refractivity contribution in [3.8, 4) is 67.9 Å². The Balaban J connectivity index is 1.15. The highest BCUT2D eigenvalue weighted by Gasteiger charge is 2.24. The Kier molecular flexibility index (Phi) is 7.38. The lowest BCUT2D eigenvalue weighted by atomic mass is 9.91. The lowest BCUT2D eigenvalue weighted by Gasteiger charge is -2.14. The van der Waals surface area contributed by atoms with E-state index in [1.54, 1.807) is 0 Å². The van der Waals surface area contributed by atoms with E-state index >= 15 is 0 Å². The molecule has 6 heteroatoms. The van der Waals surface area contributed by atoms with E-state index in [0.717, 1.165) is 82.7 Å². The molecule has 0 saturated carbocycles. The Hall–Kier alpha value is -7.70. The van der Waals surface area contributed by atoms with Crippen molar-refractivity contribution in [2.45, 2.75) is 0 Å². The Bertz CT molecular complexity index is 3240. The number of furan rings is 1. The average Bonchev–Trinajstić information content (AvgIpc) is 3.88. The SMILES string of the molecule is c1ccc(-c2cccc(-c3nc(-c4ccccc4)nc(-c4ccc(-c5c6nc(-c7ccccc7)oc6cc6oc7ccccc7c56)c5ccccc45)n3)c2)cc1. The lowest BCUT2D eigenvalue weighted by Crippen LogP contribution is -2.01. The molecule has 0 unspecified atom stereocenters. The maximum Gasteiger partial charge on any atom is 0.227 e. The zero-order valence-electron chi connectivity index (χ0n) is 29.9. The smallest absolute Gasteiger partial charge is 0.227 e. The Labute approximate surface area is 321 Å². The van der Waals surface area contributed by atoms with E-state index in [1.165, 1.54) is 0 Å². The van der Waals surface area contributed by atoms with Crippen molar-refractivity contribution in [1.82, 2.24) is 19.9 Å². The van der Waals surface area contributed by atoms with Gasteiger partial charge in [-0.15, -0.1) is 0 Å². The zero-order valence-corrected chi connectivity index (χ0v) is 29.9. The minimum Gasteiger partial charge on any atom is -0.456 e. The van der Waals surface area contributed by atoms with Crippen molar-refractivity contribution in [3.63, 3.8) is 0 Å². The van der Waals surface area contributed by atoms with E-state index in [9.17, 15) is 0 Å². The second-order valence-corrected chi connectivity index (χ2v) is 13.8. The number of para-hydroxylation sites is 1. The highest BCUT2D eigenvalue weighted by atomic mass is 16.4. The van der Waals surface area contributed by atoms with Gasteiger partial charge in [0.15, 0.2) is 23.1 Å². The molecule has 0 saturated heterocycles. The van der Waals surface area contributed by atoms with E-state index in [4.69, 9.17) is 28.8 Å². The van der Waals surface area contributed by atoms with Crippen LogP contribution in [0.15, 0.2) is 191 Å². The first-order valence-corrected chi connectivity index (χ1v) is 18.6. The lowest BCUT2D eigenvalue weighted by molar-refractivity contribution is 0.617. The Morgan fingerprint density at radius 2 is 0.875 bits per heavy atom. The van der Waals surface area contributed by atoms with Crippen LogP contribution in [0.4, 0.5) is 0 Å². The van der Waals surface area contributed by atoms with Gasteiger partial charge in [-0.05, 0) is 57.8 Å². The fraction of sp³-hybridized carbons (Fsp3) is 0. The summed E-state index contributed by atoms with van der Waals surface area (Å²) < 4.78 is 12.9. The van der Waals surface area contributed by atoms with Gasteiger partial charge in [0, 0.05) is 44.7 Å². The molecular weight excluding hydrogens is 689 g/mol. The van der Waals surface area contributed by atoms with Crippen LogP contribution >= 0.6 is 0 Å². The fourth-order valence-electron chi connectivity index (χ4n) is 7.76. The molecule has 0 atom stereocenters. The normalized spacial score (nSPS) is 11.6. The summed E-state index contributed by atoms with van der Waals surface area (Å²) in [4.78, 5) is 20.5. The van der Waals surface area contributed by atoms with E-state index in [1.807, 2.05) is 91.0 Å². The molecule has 0 aliphatic heterocycles. The summed E-state index contributed by atoms with van der Waals surface area (Å²) in [6.45, 7) is 0. The quantitative estimate of drug-likeness (QED) is 0.170. The van der Waals surface area contributed by atoms with E-state index < -0.39 is 0 Å². The summed E-state index contributed by atoms with van der Waals surface area (Å²) in [5.41, 5.74) is 10.8. The van der Waals surface area contributed by atoms with Crippen molar-refractivity contribution in [1.29, 1.82) is 0 Å². The van der Waals surface area contributed by atoms with Crippen LogP contribution in [-0.2, 0) is 0 Å². The number of aromatic nitrogens is 4. The van der Waals surface area contributed by atoms with Crippen LogP contribution in [-0.4, -0.2) is 19.9 Å². The maximum atomic E-state index is 6.48. The maximum absolute atomic E-state index is 6.48. The van der Waals surface area contributed by atoms with Crippen LogP contribution in [0, 0.1) is 0 Å². The van der Waals surface area contributed by atoms with Crippen molar-refractivity contribution < 1.29 is 8.83 Å².